The number of carbonyl (C=O) groups excluding carboxylic acids is 1. The molecule has 0 bridgehead atoms. The van der Waals surface area contributed by atoms with Gasteiger partial charge in [0.05, 0.1) is 29.6 Å². The summed E-state index contributed by atoms with van der Waals surface area (Å²) in [7, 11) is 3.15. The second-order valence-electron chi connectivity index (χ2n) is 6.80. The topological polar surface area (TPSA) is 62.6 Å². The van der Waals surface area contributed by atoms with Crippen molar-refractivity contribution < 1.29 is 19.0 Å². The van der Waals surface area contributed by atoms with Crippen molar-refractivity contribution in [1.82, 2.24) is 9.55 Å². The first-order valence-corrected chi connectivity index (χ1v) is 10.8. The van der Waals surface area contributed by atoms with Crippen LogP contribution in [0.2, 0.25) is 0 Å². The van der Waals surface area contributed by atoms with E-state index < -0.39 is 0 Å². The smallest absolute Gasteiger partial charge is 0.305 e. The molecule has 0 atom stereocenters. The molecular weight excluding hydrogens is 388 g/mol. The minimum absolute atomic E-state index is 0.153. The Morgan fingerprint density at radius 3 is 2.76 bits per heavy atom. The van der Waals surface area contributed by atoms with Gasteiger partial charge in [-0.2, -0.15) is 0 Å². The second-order valence-corrected chi connectivity index (χ2v) is 7.74. The van der Waals surface area contributed by atoms with Crippen LogP contribution in [0.25, 0.3) is 21.7 Å². The number of aromatic nitrogens is 2. The van der Waals surface area contributed by atoms with Crippen molar-refractivity contribution in [2.45, 2.75) is 38.6 Å². The molecule has 0 aliphatic heterocycles. The summed E-state index contributed by atoms with van der Waals surface area (Å²) in [5.41, 5.74) is 2.05. The molecule has 0 amide bonds. The molecule has 0 aliphatic rings. The quantitative estimate of drug-likeness (QED) is 0.310. The Morgan fingerprint density at radius 1 is 1.10 bits per heavy atom. The summed E-state index contributed by atoms with van der Waals surface area (Å²) in [6, 6.07) is 10.2. The normalized spacial score (nSPS) is 11.1. The zero-order valence-electron chi connectivity index (χ0n) is 17.1. The van der Waals surface area contributed by atoms with E-state index in [0.717, 1.165) is 59.7 Å². The first-order chi connectivity index (χ1) is 14.2. The lowest BCUT2D eigenvalue weighted by molar-refractivity contribution is -0.140. The van der Waals surface area contributed by atoms with Gasteiger partial charge in [-0.15, -0.1) is 11.3 Å². The number of imidazole rings is 1. The molecular formula is C22H28N2O4S. The maximum atomic E-state index is 11.1. The van der Waals surface area contributed by atoms with Crippen molar-refractivity contribution in [2.75, 3.05) is 27.4 Å². The fourth-order valence-corrected chi connectivity index (χ4v) is 3.94. The van der Waals surface area contributed by atoms with Gasteiger partial charge in [-0.1, -0.05) is 6.07 Å². The highest BCUT2D eigenvalue weighted by molar-refractivity contribution is 7.13. The van der Waals surface area contributed by atoms with E-state index in [1.165, 1.54) is 7.11 Å². The van der Waals surface area contributed by atoms with Crippen LogP contribution in [0.4, 0.5) is 0 Å². The van der Waals surface area contributed by atoms with Crippen molar-refractivity contribution in [1.29, 1.82) is 0 Å². The summed E-state index contributed by atoms with van der Waals surface area (Å²) in [4.78, 5) is 17.1. The Bertz CT molecular complexity index is 905. The Balaban J connectivity index is 1.67. The summed E-state index contributed by atoms with van der Waals surface area (Å²) >= 11 is 1.70. The molecule has 0 aliphatic carbocycles. The van der Waals surface area contributed by atoms with E-state index in [4.69, 9.17) is 14.5 Å². The molecule has 0 N–H and O–H groups in total. The largest absolute Gasteiger partial charge is 0.494 e. The standard InChI is InChI=1S/C22H28N2O4S/c1-26-13-7-12-24-19-16-17(28-14-5-3-4-9-21(25)27-2)10-11-18(19)23-22(24)20-8-6-15-29-20/h6,8,10-11,15-16H,3-5,7,9,12-14H2,1-2H3. The van der Waals surface area contributed by atoms with E-state index in [1.807, 2.05) is 18.2 Å². The number of benzene rings is 1. The highest BCUT2D eigenvalue weighted by Gasteiger charge is 2.14. The van der Waals surface area contributed by atoms with E-state index in [-0.39, 0.29) is 5.97 Å². The first-order valence-electron chi connectivity index (χ1n) is 9.95. The van der Waals surface area contributed by atoms with Crippen molar-refractivity contribution in [2.24, 2.45) is 0 Å². The number of esters is 1. The monoisotopic (exact) mass is 416 g/mol. The number of carbonyl (C=O) groups is 1. The lowest BCUT2D eigenvalue weighted by Gasteiger charge is -2.10. The Labute approximate surface area is 175 Å². The third kappa shape index (κ3) is 5.81. The fourth-order valence-electron chi connectivity index (χ4n) is 3.22. The third-order valence-corrected chi connectivity index (χ3v) is 5.58. The van der Waals surface area contributed by atoms with Crippen LogP contribution in [0.1, 0.15) is 32.1 Å². The molecule has 2 heterocycles. The second kappa shape index (κ2) is 11.0. The van der Waals surface area contributed by atoms with E-state index in [0.29, 0.717) is 19.6 Å². The van der Waals surface area contributed by atoms with Crippen LogP contribution < -0.4 is 4.74 Å². The summed E-state index contributed by atoms with van der Waals surface area (Å²) in [6.45, 7) is 2.18. The van der Waals surface area contributed by atoms with Gasteiger partial charge in [0.1, 0.15) is 5.75 Å². The number of fused-ring (bicyclic) bond motifs is 1. The van der Waals surface area contributed by atoms with Gasteiger partial charge in [0.15, 0.2) is 5.82 Å². The molecule has 0 radical (unpaired) electrons. The zero-order chi connectivity index (χ0) is 20.5. The van der Waals surface area contributed by atoms with Gasteiger partial charge < -0.3 is 18.8 Å². The van der Waals surface area contributed by atoms with Crippen LogP contribution in [0.15, 0.2) is 35.7 Å². The van der Waals surface area contributed by atoms with E-state index in [1.54, 1.807) is 18.4 Å². The van der Waals surface area contributed by atoms with Crippen molar-refractivity contribution in [3.8, 4) is 16.5 Å². The average Bonchev–Trinajstić information content (AvgIpc) is 3.38. The van der Waals surface area contributed by atoms with Gasteiger partial charge in [0.25, 0.3) is 0 Å². The molecule has 29 heavy (non-hydrogen) atoms. The molecule has 156 valence electrons. The number of ether oxygens (including phenoxy) is 3. The molecule has 3 aromatic rings. The summed E-state index contributed by atoms with van der Waals surface area (Å²) < 4.78 is 18.1. The summed E-state index contributed by atoms with van der Waals surface area (Å²) in [5, 5.41) is 2.07. The van der Waals surface area contributed by atoms with Crippen molar-refractivity contribution in [3.63, 3.8) is 0 Å². The van der Waals surface area contributed by atoms with Crippen LogP contribution in [0, 0.1) is 0 Å². The molecule has 0 saturated carbocycles. The number of rotatable bonds is 12. The lowest BCUT2D eigenvalue weighted by Crippen LogP contribution is -2.03. The lowest BCUT2D eigenvalue weighted by atomic mass is 10.2. The minimum Gasteiger partial charge on any atom is -0.494 e. The van der Waals surface area contributed by atoms with Gasteiger partial charge in [-0.25, -0.2) is 4.98 Å². The molecule has 1 aromatic carbocycles. The molecule has 7 heteroatoms. The van der Waals surface area contributed by atoms with Gasteiger partial charge in [0.2, 0.25) is 0 Å². The molecule has 6 nitrogen and oxygen atoms in total. The van der Waals surface area contributed by atoms with Gasteiger partial charge in [0, 0.05) is 32.7 Å². The average molecular weight is 417 g/mol. The van der Waals surface area contributed by atoms with Crippen LogP contribution in [-0.2, 0) is 20.8 Å². The van der Waals surface area contributed by atoms with Crippen molar-refractivity contribution >= 4 is 28.3 Å². The first kappa shape index (κ1) is 21.3. The highest BCUT2D eigenvalue weighted by atomic mass is 32.1. The number of hydrogen-bond acceptors (Lipinski definition) is 6. The summed E-state index contributed by atoms with van der Waals surface area (Å²) in [5.74, 6) is 1.68. The molecule has 0 saturated heterocycles. The van der Waals surface area contributed by atoms with Crippen LogP contribution in [0.5, 0.6) is 5.75 Å². The van der Waals surface area contributed by atoms with Crippen LogP contribution >= 0.6 is 11.3 Å². The predicted octanol–water partition coefficient (Wildman–Crippen LogP) is 4.91. The number of methoxy groups -OCH3 is 2. The number of hydrogen-bond donors (Lipinski definition) is 0. The number of unbranched alkanes of at least 4 members (excludes halogenated alkanes) is 2. The third-order valence-electron chi connectivity index (χ3n) is 4.71. The number of nitrogens with zero attached hydrogens (tertiary/aromatic N) is 2. The fraction of sp³-hybridized carbons (Fsp3) is 0.455. The maximum absolute atomic E-state index is 11.1. The van der Waals surface area contributed by atoms with Gasteiger partial charge in [-0.3, -0.25) is 4.79 Å². The van der Waals surface area contributed by atoms with Gasteiger partial charge in [-0.05, 0) is 49.3 Å². The van der Waals surface area contributed by atoms with Crippen LogP contribution in [0.3, 0.4) is 0 Å². The number of thiophene rings is 1. The van der Waals surface area contributed by atoms with Crippen LogP contribution in [-0.4, -0.2) is 43.0 Å². The maximum Gasteiger partial charge on any atom is 0.305 e. The molecule has 0 spiro atoms. The van der Waals surface area contributed by atoms with Crippen molar-refractivity contribution in [3.05, 3.63) is 35.7 Å². The molecule has 2 aromatic heterocycles. The van der Waals surface area contributed by atoms with E-state index in [2.05, 4.69) is 26.8 Å². The van der Waals surface area contributed by atoms with Gasteiger partial charge >= 0.3 is 5.97 Å². The predicted molar refractivity (Wildman–Crippen MR) is 116 cm³/mol. The number of aryl methyl sites for hydroxylation is 1. The molecule has 0 fully saturated rings. The Hall–Kier alpha value is -2.38. The molecule has 3 rings (SSSR count). The molecule has 0 unspecified atom stereocenters. The Kier molecular flexibility index (Phi) is 8.07. The minimum atomic E-state index is -0.153. The Morgan fingerprint density at radius 2 is 2.00 bits per heavy atom. The highest BCUT2D eigenvalue weighted by Crippen LogP contribution is 2.30. The van der Waals surface area contributed by atoms with E-state index in [9.17, 15) is 4.79 Å². The SMILES string of the molecule is COCCCn1c(-c2cccs2)nc2ccc(OCCCCCC(=O)OC)cc21. The zero-order valence-corrected chi connectivity index (χ0v) is 17.9. The summed E-state index contributed by atoms with van der Waals surface area (Å²) in [6.07, 6.45) is 4.06. The van der Waals surface area contributed by atoms with E-state index >= 15 is 0 Å².